The van der Waals surface area contributed by atoms with Crippen molar-refractivity contribution >= 4 is 17.5 Å². The zero-order valence-electron chi connectivity index (χ0n) is 20.4. The molecule has 0 unspecified atom stereocenters. The highest BCUT2D eigenvalue weighted by molar-refractivity contribution is 6.30. The first-order chi connectivity index (χ1) is 15.7. The number of hydrogen-bond acceptors (Lipinski definition) is 4. The van der Waals surface area contributed by atoms with Gasteiger partial charge in [-0.25, -0.2) is 5.84 Å². The van der Waals surface area contributed by atoms with Crippen LogP contribution in [-0.2, 0) is 10.3 Å². The maximum absolute atomic E-state index is 13.7. The number of nitrogens with two attached hydrogens (primary N) is 1. The zero-order valence-corrected chi connectivity index (χ0v) is 21.2. The van der Waals surface area contributed by atoms with Crippen LogP contribution in [-0.4, -0.2) is 16.5 Å². The number of hydrogen-bond donors (Lipinski definition) is 3. The highest BCUT2D eigenvalue weighted by Crippen LogP contribution is 2.36. The average Bonchev–Trinajstić information content (AvgIpc) is 2.81. The van der Waals surface area contributed by atoms with E-state index in [4.69, 9.17) is 17.4 Å². The number of rotatable bonds is 7. The van der Waals surface area contributed by atoms with Crippen LogP contribution in [0.1, 0.15) is 77.5 Å². The number of halogens is 1. The largest absolute Gasteiger partial charge is 0.363 e. The molecule has 33 heavy (non-hydrogen) atoms. The predicted molar refractivity (Wildman–Crippen MR) is 136 cm³/mol. The first-order valence-electron chi connectivity index (χ1n) is 11.9. The lowest BCUT2D eigenvalue weighted by molar-refractivity contribution is -0.120. The second-order valence-electron chi connectivity index (χ2n) is 9.43. The molecule has 1 aliphatic rings. The van der Waals surface area contributed by atoms with Gasteiger partial charge in [0.1, 0.15) is 5.82 Å². The topological polar surface area (TPSA) is 70.4 Å². The Hall–Kier alpha value is -2.50. The number of carbonyl (C=O) groups is 1. The predicted octanol–water partition coefficient (Wildman–Crippen LogP) is 5.78. The third kappa shape index (κ3) is 5.20. The van der Waals surface area contributed by atoms with Gasteiger partial charge >= 0.3 is 0 Å². The van der Waals surface area contributed by atoms with Crippen molar-refractivity contribution in [3.63, 3.8) is 0 Å². The molecule has 4 N–H and O–H groups in total. The molecule has 0 saturated carbocycles. The van der Waals surface area contributed by atoms with Gasteiger partial charge in [0.05, 0.1) is 22.7 Å². The van der Waals surface area contributed by atoms with E-state index in [2.05, 4.69) is 50.5 Å². The van der Waals surface area contributed by atoms with Crippen LogP contribution in [0.4, 0.5) is 0 Å². The van der Waals surface area contributed by atoms with Crippen molar-refractivity contribution in [2.75, 3.05) is 0 Å². The first-order valence-corrected chi connectivity index (χ1v) is 12.2. The number of carbonyl (C=O) groups excluding carboxylic acids is 1. The van der Waals surface area contributed by atoms with Crippen molar-refractivity contribution < 1.29 is 4.79 Å². The van der Waals surface area contributed by atoms with Crippen LogP contribution in [0.25, 0.3) is 0 Å². The Bertz CT molecular complexity index is 981. The minimum Gasteiger partial charge on any atom is -0.363 e. The Labute approximate surface area is 203 Å². The molecule has 1 atom stereocenters. The molecule has 1 amide bonds. The molecule has 3 rings (SSSR count). The van der Waals surface area contributed by atoms with E-state index in [1.165, 1.54) is 5.56 Å². The molecule has 0 radical (unpaired) electrons. The molecule has 1 saturated heterocycles. The molecule has 178 valence electrons. The van der Waals surface area contributed by atoms with Crippen LogP contribution in [0.5, 0.6) is 0 Å². The minimum atomic E-state index is -0.481. The summed E-state index contributed by atoms with van der Waals surface area (Å²) < 4.78 is 0. The van der Waals surface area contributed by atoms with E-state index >= 15 is 0 Å². The lowest BCUT2D eigenvalue weighted by atomic mass is 9.84. The van der Waals surface area contributed by atoms with E-state index in [-0.39, 0.29) is 17.5 Å². The summed E-state index contributed by atoms with van der Waals surface area (Å²) >= 11 is 6.11. The van der Waals surface area contributed by atoms with Crippen LogP contribution in [0.15, 0.2) is 66.0 Å². The van der Waals surface area contributed by atoms with Gasteiger partial charge in [-0.15, -0.1) is 0 Å². The number of amides is 1. The van der Waals surface area contributed by atoms with Gasteiger partial charge in [-0.1, -0.05) is 74.8 Å². The molecule has 0 bridgehead atoms. The lowest BCUT2D eigenvalue weighted by Crippen LogP contribution is -2.58. The number of nitrogens with zero attached hydrogens (tertiary/aromatic N) is 1. The van der Waals surface area contributed by atoms with E-state index in [0.29, 0.717) is 22.8 Å². The maximum atomic E-state index is 13.7. The Morgan fingerprint density at radius 2 is 1.73 bits per heavy atom. The van der Waals surface area contributed by atoms with Crippen LogP contribution in [0.3, 0.4) is 0 Å². The summed E-state index contributed by atoms with van der Waals surface area (Å²) in [5, 5.41) is 9.34. The van der Waals surface area contributed by atoms with Gasteiger partial charge in [-0.2, -0.15) is 0 Å². The third-order valence-electron chi connectivity index (χ3n) is 6.98. The normalized spacial score (nSPS) is 19.6. The van der Waals surface area contributed by atoms with Crippen molar-refractivity contribution in [3.8, 4) is 0 Å². The van der Waals surface area contributed by atoms with E-state index in [1.807, 2.05) is 49.4 Å². The van der Waals surface area contributed by atoms with Crippen molar-refractivity contribution in [1.29, 1.82) is 0 Å². The molecule has 0 aromatic heterocycles. The van der Waals surface area contributed by atoms with Gasteiger partial charge < -0.3 is 10.6 Å². The van der Waals surface area contributed by atoms with Crippen LogP contribution >= 0.6 is 11.6 Å². The molecule has 2 aromatic carbocycles. The monoisotopic (exact) mass is 468 g/mol. The molecule has 6 heteroatoms. The number of benzene rings is 2. The number of nitrogens with one attached hydrogen (secondary N) is 2. The summed E-state index contributed by atoms with van der Waals surface area (Å²) in [5.41, 5.74) is 2.10. The van der Waals surface area contributed by atoms with Crippen molar-refractivity contribution in [2.45, 2.75) is 77.4 Å². The van der Waals surface area contributed by atoms with E-state index in [0.717, 1.165) is 24.8 Å². The number of hydrazine groups is 1. The highest BCUT2D eigenvalue weighted by Gasteiger charge is 2.39. The SMILES string of the molecule is CC/C(C(=O)NC(CC)(CC)c1ccc(Cl)cc1)=C1/N[C@@H](c2ccccc2)CC(C)(C)N1N. The summed E-state index contributed by atoms with van der Waals surface area (Å²) in [7, 11) is 0. The fraction of sp³-hybridized carbons (Fsp3) is 0.444. The molecule has 2 aromatic rings. The van der Waals surface area contributed by atoms with Gasteiger partial charge in [0.25, 0.3) is 5.91 Å². The summed E-state index contributed by atoms with van der Waals surface area (Å²) in [5.74, 6) is 7.18. The van der Waals surface area contributed by atoms with Crippen LogP contribution in [0, 0.1) is 0 Å². The van der Waals surface area contributed by atoms with Crippen molar-refractivity contribution in [2.24, 2.45) is 5.84 Å². The minimum absolute atomic E-state index is 0.0729. The van der Waals surface area contributed by atoms with E-state index in [1.54, 1.807) is 5.01 Å². The van der Waals surface area contributed by atoms with Crippen LogP contribution in [0.2, 0.25) is 5.02 Å². The standard InChI is InChI=1S/C27H37ClN4O/c1-6-22(25(33)31-27(7-2,8-3)20-14-16-21(28)17-15-20)24-30-23(18-26(4,5)32(24)29)19-12-10-9-11-13-19/h9-17,23,30H,6-8,18,29H2,1-5H3,(H,31,33)/b24-22+/t23-/m1/s1. The van der Waals surface area contributed by atoms with E-state index in [9.17, 15) is 4.79 Å². The van der Waals surface area contributed by atoms with Gasteiger partial charge in [0.15, 0.2) is 0 Å². The summed E-state index contributed by atoms with van der Waals surface area (Å²) in [6.45, 7) is 10.4. The first kappa shape index (κ1) is 25.1. The maximum Gasteiger partial charge on any atom is 0.251 e. The molecule has 1 aliphatic heterocycles. The quantitative estimate of drug-likeness (QED) is 0.355. The Kier molecular flexibility index (Phi) is 7.76. The smallest absolute Gasteiger partial charge is 0.251 e. The average molecular weight is 469 g/mol. The van der Waals surface area contributed by atoms with Gasteiger partial charge in [-0.05, 0) is 62.8 Å². The molecule has 0 spiro atoms. The second kappa shape index (κ2) is 10.2. The Morgan fingerprint density at radius 1 is 1.12 bits per heavy atom. The zero-order chi connectivity index (χ0) is 24.2. The van der Waals surface area contributed by atoms with Crippen LogP contribution < -0.4 is 16.5 Å². The van der Waals surface area contributed by atoms with Crippen molar-refractivity contribution in [1.82, 2.24) is 15.6 Å². The van der Waals surface area contributed by atoms with E-state index < -0.39 is 5.54 Å². The Morgan fingerprint density at radius 3 is 2.27 bits per heavy atom. The molecule has 5 nitrogen and oxygen atoms in total. The second-order valence-corrected chi connectivity index (χ2v) is 9.86. The Balaban J connectivity index is 1.99. The summed E-state index contributed by atoms with van der Waals surface area (Å²) in [4.78, 5) is 13.7. The van der Waals surface area contributed by atoms with Gasteiger partial charge in [0, 0.05) is 5.02 Å². The molecular weight excluding hydrogens is 432 g/mol. The van der Waals surface area contributed by atoms with Gasteiger partial charge in [0.2, 0.25) is 0 Å². The van der Waals surface area contributed by atoms with Gasteiger partial charge in [-0.3, -0.25) is 9.80 Å². The highest BCUT2D eigenvalue weighted by atomic mass is 35.5. The summed E-state index contributed by atoms with van der Waals surface area (Å²) in [6.07, 6.45) is 2.92. The summed E-state index contributed by atoms with van der Waals surface area (Å²) in [6, 6.07) is 18.1. The third-order valence-corrected chi connectivity index (χ3v) is 7.23. The van der Waals surface area contributed by atoms with Crippen molar-refractivity contribution in [3.05, 3.63) is 82.1 Å². The molecule has 1 heterocycles. The fourth-order valence-corrected chi connectivity index (χ4v) is 4.84. The lowest BCUT2D eigenvalue weighted by Gasteiger charge is -2.47. The molecule has 1 fully saturated rings. The fourth-order valence-electron chi connectivity index (χ4n) is 4.71. The molecular formula is C27H37ClN4O. The molecule has 0 aliphatic carbocycles.